The van der Waals surface area contributed by atoms with Crippen molar-refractivity contribution in [3.8, 4) is 11.3 Å². The van der Waals surface area contributed by atoms with Gasteiger partial charge in [-0.2, -0.15) is 0 Å². The van der Waals surface area contributed by atoms with Crippen LogP contribution in [-0.4, -0.2) is 57.5 Å². The van der Waals surface area contributed by atoms with Gasteiger partial charge in [-0.05, 0) is 6.07 Å². The van der Waals surface area contributed by atoms with E-state index in [-0.39, 0.29) is 17.5 Å². The summed E-state index contributed by atoms with van der Waals surface area (Å²) in [5.74, 6) is -0.0131. The average Bonchev–Trinajstić information content (AvgIpc) is 2.63. The van der Waals surface area contributed by atoms with Crippen LogP contribution < -0.4 is 16.2 Å². The summed E-state index contributed by atoms with van der Waals surface area (Å²) in [6, 6.07) is 2.19. The lowest BCUT2D eigenvalue weighted by molar-refractivity contribution is -0.129. The molecule has 0 saturated carbocycles. The Morgan fingerprint density at radius 1 is 1.41 bits per heavy atom. The first-order valence-electron chi connectivity index (χ1n) is 8.97. The minimum atomic E-state index is -0.202. The van der Waals surface area contributed by atoms with E-state index in [1.807, 2.05) is 6.08 Å². The van der Waals surface area contributed by atoms with E-state index in [1.165, 1.54) is 0 Å². The van der Waals surface area contributed by atoms with Gasteiger partial charge in [-0.25, -0.2) is 0 Å². The summed E-state index contributed by atoms with van der Waals surface area (Å²) in [6.45, 7) is 5.92. The largest absolute Gasteiger partial charge is 0.374 e. The number of aromatic nitrogens is 3. The average molecular weight is 368 g/mol. The smallest absolute Gasteiger partial charge is 0.271 e. The quantitative estimate of drug-likeness (QED) is 0.630. The van der Waals surface area contributed by atoms with E-state index >= 15 is 0 Å². The van der Waals surface area contributed by atoms with Crippen LogP contribution in [0.1, 0.15) is 13.8 Å². The minimum Gasteiger partial charge on any atom is -0.374 e. The van der Waals surface area contributed by atoms with E-state index in [1.54, 1.807) is 41.8 Å². The summed E-state index contributed by atoms with van der Waals surface area (Å²) in [5.41, 5.74) is 1.72. The van der Waals surface area contributed by atoms with Crippen LogP contribution in [0.2, 0.25) is 0 Å². The molecule has 1 aliphatic rings. The summed E-state index contributed by atoms with van der Waals surface area (Å²) < 4.78 is 0. The van der Waals surface area contributed by atoms with Crippen molar-refractivity contribution in [3.63, 3.8) is 0 Å². The highest BCUT2D eigenvalue weighted by Gasteiger charge is 2.29. The van der Waals surface area contributed by atoms with Gasteiger partial charge in [0.05, 0.1) is 17.9 Å². The van der Waals surface area contributed by atoms with Gasteiger partial charge < -0.3 is 20.5 Å². The molecule has 3 rings (SSSR count). The summed E-state index contributed by atoms with van der Waals surface area (Å²) in [6.07, 6.45) is 9.88. The topological polar surface area (TPSA) is 103 Å². The molecule has 0 atom stereocenters. The highest BCUT2D eigenvalue weighted by Crippen LogP contribution is 2.18. The number of hydrogen-bond donors (Lipinski definition) is 3. The number of rotatable bonds is 7. The van der Waals surface area contributed by atoms with Gasteiger partial charge >= 0.3 is 0 Å². The number of pyridine rings is 1. The van der Waals surface area contributed by atoms with Gasteiger partial charge in [-0.15, -0.1) is 0 Å². The molecule has 2 aromatic rings. The second-order valence-electron chi connectivity index (χ2n) is 6.77. The fourth-order valence-corrected chi connectivity index (χ4v) is 2.73. The Balaban J connectivity index is 1.54. The summed E-state index contributed by atoms with van der Waals surface area (Å²) >= 11 is 0. The van der Waals surface area contributed by atoms with Crippen molar-refractivity contribution >= 4 is 11.6 Å². The molecule has 3 N–H and O–H groups in total. The van der Waals surface area contributed by atoms with Gasteiger partial charge in [0.25, 0.3) is 5.56 Å². The lowest BCUT2D eigenvalue weighted by atomic mass is 10.1. The molecule has 0 radical (unpaired) electrons. The first-order valence-corrected chi connectivity index (χ1v) is 8.97. The predicted octanol–water partition coefficient (Wildman–Crippen LogP) is 1.01. The Bertz CT molecular complexity index is 856. The van der Waals surface area contributed by atoms with E-state index in [2.05, 4.69) is 39.4 Å². The van der Waals surface area contributed by atoms with Crippen LogP contribution in [0.3, 0.4) is 0 Å². The van der Waals surface area contributed by atoms with Crippen LogP contribution >= 0.6 is 0 Å². The van der Waals surface area contributed by atoms with Crippen LogP contribution in [0.4, 0.5) is 5.69 Å². The zero-order valence-corrected chi connectivity index (χ0v) is 15.5. The maximum absolute atomic E-state index is 12.1. The van der Waals surface area contributed by atoms with Gasteiger partial charge in [-0.1, -0.05) is 19.9 Å². The van der Waals surface area contributed by atoms with Gasteiger partial charge in [0.15, 0.2) is 0 Å². The summed E-state index contributed by atoms with van der Waals surface area (Å²) in [7, 11) is 0. The molecule has 27 heavy (non-hydrogen) atoms. The van der Waals surface area contributed by atoms with E-state index in [4.69, 9.17) is 0 Å². The Hall–Kier alpha value is -3.00. The van der Waals surface area contributed by atoms with Crippen molar-refractivity contribution in [2.24, 2.45) is 0 Å². The van der Waals surface area contributed by atoms with Crippen molar-refractivity contribution in [3.05, 3.63) is 53.4 Å². The Kier molecular flexibility index (Phi) is 5.97. The number of likely N-dealkylation sites (tertiary alicyclic amines) is 1. The number of aromatic amines is 1. The van der Waals surface area contributed by atoms with Crippen LogP contribution in [0.25, 0.3) is 11.3 Å². The highest BCUT2D eigenvalue weighted by atomic mass is 16.2. The van der Waals surface area contributed by atoms with E-state index in [0.717, 1.165) is 5.56 Å². The third kappa shape index (κ3) is 5.01. The zero-order chi connectivity index (χ0) is 19.2. The molecule has 8 nitrogen and oxygen atoms in total. The molecule has 8 heteroatoms. The molecule has 0 aliphatic carbocycles. The Morgan fingerprint density at radius 2 is 2.22 bits per heavy atom. The molecule has 142 valence electrons. The monoisotopic (exact) mass is 368 g/mol. The lowest BCUT2D eigenvalue weighted by Gasteiger charge is -2.39. The van der Waals surface area contributed by atoms with Crippen molar-refractivity contribution in [2.45, 2.75) is 25.9 Å². The molecule has 3 heterocycles. The van der Waals surface area contributed by atoms with Crippen molar-refractivity contribution < 1.29 is 4.79 Å². The maximum Gasteiger partial charge on any atom is 0.271 e. The molecule has 1 saturated heterocycles. The van der Waals surface area contributed by atoms with Crippen molar-refractivity contribution in [2.75, 3.05) is 25.0 Å². The summed E-state index contributed by atoms with van der Waals surface area (Å²) in [5, 5.41) is 6.43. The van der Waals surface area contributed by atoms with Gasteiger partial charge in [0.2, 0.25) is 5.91 Å². The second kappa shape index (κ2) is 8.59. The number of H-pyrrole nitrogens is 1. The number of hydrogen-bond acceptors (Lipinski definition) is 6. The lowest BCUT2D eigenvalue weighted by Crippen LogP contribution is -2.57. The third-order valence-corrected chi connectivity index (χ3v) is 4.22. The SMILES string of the molecule is CC(C)NCC=CC(=O)N1CC(Nc2cc(-c3cnccn3)c[nH]c2=O)C1. The third-order valence-electron chi connectivity index (χ3n) is 4.22. The first-order chi connectivity index (χ1) is 13.0. The second-order valence-corrected chi connectivity index (χ2v) is 6.77. The molecule has 2 aromatic heterocycles. The molecule has 1 aliphatic heterocycles. The van der Waals surface area contributed by atoms with E-state index in [0.29, 0.717) is 37.1 Å². The van der Waals surface area contributed by atoms with E-state index < -0.39 is 0 Å². The van der Waals surface area contributed by atoms with Crippen molar-refractivity contribution in [1.82, 2.24) is 25.2 Å². The molecular formula is C19H24N6O2. The number of carbonyl (C=O) groups excluding carboxylic acids is 1. The van der Waals surface area contributed by atoms with Crippen LogP contribution in [0, 0.1) is 0 Å². The number of carbonyl (C=O) groups is 1. The molecule has 0 bridgehead atoms. The Labute approximate surface area is 157 Å². The Morgan fingerprint density at radius 3 is 2.93 bits per heavy atom. The fraction of sp³-hybridized carbons (Fsp3) is 0.368. The van der Waals surface area contributed by atoms with Gasteiger partial charge in [0, 0.05) is 55.9 Å². The van der Waals surface area contributed by atoms with Crippen LogP contribution in [0.5, 0.6) is 0 Å². The molecule has 1 fully saturated rings. The number of amides is 1. The van der Waals surface area contributed by atoms with Crippen molar-refractivity contribution in [1.29, 1.82) is 0 Å². The number of nitrogens with one attached hydrogen (secondary N) is 3. The fourth-order valence-electron chi connectivity index (χ4n) is 2.73. The molecule has 1 amide bonds. The highest BCUT2D eigenvalue weighted by molar-refractivity contribution is 5.88. The molecule has 0 unspecified atom stereocenters. The van der Waals surface area contributed by atoms with Crippen LogP contribution in [0.15, 0.2) is 47.8 Å². The molecule has 0 aromatic carbocycles. The molecular weight excluding hydrogens is 344 g/mol. The minimum absolute atomic E-state index is 0.0131. The number of anilines is 1. The van der Waals surface area contributed by atoms with Crippen LogP contribution in [-0.2, 0) is 4.79 Å². The zero-order valence-electron chi connectivity index (χ0n) is 15.5. The molecule has 0 spiro atoms. The van der Waals surface area contributed by atoms with E-state index in [9.17, 15) is 9.59 Å². The maximum atomic E-state index is 12.1. The summed E-state index contributed by atoms with van der Waals surface area (Å²) in [4.78, 5) is 36.9. The predicted molar refractivity (Wildman–Crippen MR) is 104 cm³/mol. The first kappa shape index (κ1) is 18.8. The normalized spacial score (nSPS) is 14.6. The van der Waals surface area contributed by atoms with Gasteiger partial charge in [-0.3, -0.25) is 19.6 Å². The standard InChI is InChI=1S/C19H24N6O2/c1-13(2)21-5-3-4-18(26)25-11-15(12-25)24-16-8-14(9-23-19(16)27)17-10-20-6-7-22-17/h3-4,6-10,13,15,21,24H,5,11-12H2,1-2H3,(H,23,27). The van der Waals surface area contributed by atoms with Gasteiger partial charge in [0.1, 0.15) is 5.69 Å². The number of nitrogens with zero attached hydrogens (tertiary/aromatic N) is 3.